The van der Waals surface area contributed by atoms with Gasteiger partial charge in [-0.1, -0.05) is 18.0 Å². The minimum atomic E-state index is -0.191. The maximum absolute atomic E-state index is 12.3. The third-order valence-electron chi connectivity index (χ3n) is 4.37. The fraction of sp³-hybridized carbons (Fsp3) is 0.533. The Morgan fingerprint density at radius 2 is 2.15 bits per heavy atom. The highest BCUT2D eigenvalue weighted by molar-refractivity contribution is 6.33. The molecule has 108 valence electrons. The first kappa shape index (κ1) is 13.7. The van der Waals surface area contributed by atoms with E-state index in [9.17, 15) is 9.90 Å². The Morgan fingerprint density at radius 3 is 3.00 bits per heavy atom. The lowest BCUT2D eigenvalue weighted by atomic mass is 9.99. The minimum Gasteiger partial charge on any atom is -0.508 e. The largest absolute Gasteiger partial charge is 0.508 e. The molecule has 0 radical (unpaired) electrons. The molecule has 1 amide bonds. The van der Waals surface area contributed by atoms with Crippen molar-refractivity contribution in [3.05, 3.63) is 28.8 Å². The second kappa shape index (κ2) is 5.62. The second-order valence-electron chi connectivity index (χ2n) is 5.63. The number of fused-ring (bicyclic) bond motifs is 1. The summed E-state index contributed by atoms with van der Waals surface area (Å²) in [5, 5.41) is 12.9. The molecule has 2 heterocycles. The van der Waals surface area contributed by atoms with E-state index in [0.29, 0.717) is 16.6 Å². The van der Waals surface area contributed by atoms with E-state index < -0.39 is 0 Å². The van der Waals surface area contributed by atoms with Gasteiger partial charge < -0.3 is 10.4 Å². The normalized spacial score (nSPS) is 26.2. The molecule has 2 N–H and O–H groups in total. The molecule has 2 atom stereocenters. The van der Waals surface area contributed by atoms with Gasteiger partial charge in [-0.05, 0) is 44.0 Å². The van der Waals surface area contributed by atoms with Gasteiger partial charge in [0.2, 0.25) is 0 Å². The third-order valence-corrected chi connectivity index (χ3v) is 4.70. The van der Waals surface area contributed by atoms with Crippen LogP contribution in [0, 0.1) is 0 Å². The first-order chi connectivity index (χ1) is 9.65. The fourth-order valence-corrected chi connectivity index (χ4v) is 3.55. The minimum absolute atomic E-state index is 0.0604. The summed E-state index contributed by atoms with van der Waals surface area (Å²) in [5.74, 6) is -0.131. The Bertz CT molecular complexity index is 521. The highest BCUT2D eigenvalue weighted by atomic mass is 35.5. The van der Waals surface area contributed by atoms with Crippen LogP contribution in [0.4, 0.5) is 0 Å². The van der Waals surface area contributed by atoms with Gasteiger partial charge in [0.25, 0.3) is 5.91 Å². The number of hydrogen-bond acceptors (Lipinski definition) is 3. The lowest BCUT2D eigenvalue weighted by molar-refractivity contribution is 0.0915. The van der Waals surface area contributed by atoms with Crippen LogP contribution in [0.15, 0.2) is 18.2 Å². The van der Waals surface area contributed by atoms with Crippen LogP contribution in [0.2, 0.25) is 5.02 Å². The number of benzene rings is 1. The van der Waals surface area contributed by atoms with E-state index in [-0.39, 0.29) is 17.7 Å². The molecule has 20 heavy (non-hydrogen) atoms. The van der Waals surface area contributed by atoms with E-state index in [2.05, 4.69) is 10.2 Å². The van der Waals surface area contributed by atoms with Crippen molar-refractivity contribution in [3.8, 4) is 5.75 Å². The van der Waals surface area contributed by atoms with Gasteiger partial charge in [-0.25, -0.2) is 0 Å². The Kier molecular flexibility index (Phi) is 3.85. The number of nitrogens with one attached hydrogen (secondary N) is 1. The number of aromatic hydroxyl groups is 1. The Morgan fingerprint density at radius 1 is 1.30 bits per heavy atom. The molecular formula is C15H19ClN2O2. The molecule has 0 bridgehead atoms. The van der Waals surface area contributed by atoms with E-state index in [0.717, 1.165) is 25.9 Å². The second-order valence-corrected chi connectivity index (χ2v) is 6.04. The van der Waals surface area contributed by atoms with Crippen LogP contribution in [0.1, 0.15) is 36.0 Å². The number of rotatable bonds is 2. The van der Waals surface area contributed by atoms with Gasteiger partial charge in [-0.3, -0.25) is 9.69 Å². The predicted molar refractivity (Wildman–Crippen MR) is 78.2 cm³/mol. The summed E-state index contributed by atoms with van der Waals surface area (Å²) in [5.41, 5.74) is 0.348. The smallest absolute Gasteiger partial charge is 0.253 e. The maximum Gasteiger partial charge on any atom is 0.253 e. The number of amides is 1. The van der Waals surface area contributed by atoms with Crippen LogP contribution in [0.3, 0.4) is 0 Å². The molecule has 2 fully saturated rings. The highest BCUT2D eigenvalue weighted by Gasteiger charge is 2.36. The maximum atomic E-state index is 12.3. The Hall–Kier alpha value is -1.26. The zero-order valence-corrected chi connectivity index (χ0v) is 12.1. The van der Waals surface area contributed by atoms with Crippen LogP contribution < -0.4 is 5.32 Å². The van der Waals surface area contributed by atoms with Gasteiger partial charge in [0, 0.05) is 18.6 Å². The number of nitrogens with zero attached hydrogens (tertiary/aromatic N) is 1. The third kappa shape index (κ3) is 2.63. The molecule has 2 saturated heterocycles. The molecule has 2 unspecified atom stereocenters. The fourth-order valence-electron chi connectivity index (χ4n) is 3.35. The quantitative estimate of drug-likeness (QED) is 0.881. The average Bonchev–Trinajstić information content (AvgIpc) is 2.85. The van der Waals surface area contributed by atoms with Crippen molar-refractivity contribution in [3.63, 3.8) is 0 Å². The molecule has 0 spiro atoms. The van der Waals surface area contributed by atoms with Crippen molar-refractivity contribution in [1.82, 2.24) is 10.2 Å². The van der Waals surface area contributed by atoms with E-state index in [4.69, 9.17) is 11.6 Å². The Balaban J connectivity index is 1.71. The zero-order valence-electron chi connectivity index (χ0n) is 11.3. The van der Waals surface area contributed by atoms with Gasteiger partial charge in [0.15, 0.2) is 0 Å². The number of phenols is 1. The van der Waals surface area contributed by atoms with Gasteiger partial charge in [0.05, 0.1) is 10.6 Å². The lowest BCUT2D eigenvalue weighted by Gasteiger charge is -2.32. The number of hydrogen-bond donors (Lipinski definition) is 2. The summed E-state index contributed by atoms with van der Waals surface area (Å²) in [4.78, 5) is 14.8. The molecule has 1 aromatic carbocycles. The molecular weight excluding hydrogens is 276 g/mol. The monoisotopic (exact) mass is 294 g/mol. The molecule has 0 aromatic heterocycles. The topological polar surface area (TPSA) is 52.6 Å². The number of halogens is 1. The molecule has 0 aliphatic carbocycles. The van der Waals surface area contributed by atoms with Crippen molar-refractivity contribution in [2.24, 2.45) is 0 Å². The van der Waals surface area contributed by atoms with Crippen molar-refractivity contribution in [1.29, 1.82) is 0 Å². The number of carbonyl (C=O) groups is 1. The molecule has 3 rings (SSSR count). The highest BCUT2D eigenvalue weighted by Crippen LogP contribution is 2.28. The van der Waals surface area contributed by atoms with Gasteiger partial charge in [0.1, 0.15) is 5.75 Å². The number of carbonyl (C=O) groups excluding carboxylic acids is 1. The van der Waals surface area contributed by atoms with Crippen molar-refractivity contribution in [2.75, 3.05) is 13.1 Å². The summed E-state index contributed by atoms with van der Waals surface area (Å²) >= 11 is 6.03. The van der Waals surface area contributed by atoms with Gasteiger partial charge in [-0.2, -0.15) is 0 Å². The molecule has 2 aliphatic heterocycles. The SMILES string of the molecule is O=C(NC1CCN2CCCCC12)c1cc(O)ccc1Cl. The predicted octanol–water partition coefficient (Wildman–Crippen LogP) is 2.40. The van der Waals surface area contributed by atoms with Gasteiger partial charge >= 0.3 is 0 Å². The van der Waals surface area contributed by atoms with E-state index in [1.165, 1.54) is 25.0 Å². The van der Waals surface area contributed by atoms with E-state index in [1.807, 2.05) is 0 Å². The van der Waals surface area contributed by atoms with Gasteiger partial charge in [-0.15, -0.1) is 0 Å². The van der Waals surface area contributed by atoms with Crippen LogP contribution in [0.5, 0.6) is 5.75 Å². The summed E-state index contributed by atoms with van der Waals surface area (Å²) in [6.45, 7) is 2.20. The average molecular weight is 295 g/mol. The zero-order chi connectivity index (χ0) is 14.1. The Labute approximate surface area is 123 Å². The summed E-state index contributed by atoms with van der Waals surface area (Å²) in [7, 11) is 0. The van der Waals surface area contributed by atoms with Crippen LogP contribution >= 0.6 is 11.6 Å². The molecule has 1 aromatic rings. The molecule has 4 nitrogen and oxygen atoms in total. The van der Waals surface area contributed by atoms with E-state index in [1.54, 1.807) is 6.07 Å². The first-order valence-electron chi connectivity index (χ1n) is 7.18. The van der Waals surface area contributed by atoms with Crippen molar-refractivity contribution >= 4 is 17.5 Å². The number of phenolic OH excluding ortho intramolecular Hbond substituents is 1. The summed E-state index contributed by atoms with van der Waals surface area (Å²) in [6.07, 6.45) is 4.64. The van der Waals surface area contributed by atoms with Crippen LogP contribution in [0.25, 0.3) is 0 Å². The molecule has 2 aliphatic rings. The molecule has 0 saturated carbocycles. The standard InChI is InChI=1S/C15H19ClN2O2/c16-12-5-4-10(19)9-11(12)15(20)17-13-6-8-18-7-2-1-3-14(13)18/h4-5,9,13-14,19H,1-3,6-8H2,(H,17,20). The number of piperidine rings is 1. The summed E-state index contributed by atoms with van der Waals surface area (Å²) < 4.78 is 0. The summed E-state index contributed by atoms with van der Waals surface area (Å²) in [6, 6.07) is 5.11. The van der Waals surface area contributed by atoms with Crippen LogP contribution in [-0.2, 0) is 0 Å². The first-order valence-corrected chi connectivity index (χ1v) is 7.56. The lowest BCUT2D eigenvalue weighted by Crippen LogP contribution is -2.46. The van der Waals surface area contributed by atoms with Crippen LogP contribution in [-0.4, -0.2) is 41.1 Å². The molecule has 5 heteroatoms. The van der Waals surface area contributed by atoms with Crippen molar-refractivity contribution < 1.29 is 9.90 Å². The van der Waals surface area contributed by atoms with Crippen molar-refractivity contribution in [2.45, 2.75) is 37.8 Å². The van der Waals surface area contributed by atoms with E-state index >= 15 is 0 Å².